The summed E-state index contributed by atoms with van der Waals surface area (Å²) in [6, 6.07) is 15.9. The molecule has 9 heteroatoms. The van der Waals surface area contributed by atoms with Crippen LogP contribution in [0.5, 0.6) is 0 Å². The van der Waals surface area contributed by atoms with Crippen LogP contribution in [0.1, 0.15) is 32.8 Å². The molecule has 0 spiro atoms. The molecule has 8 nitrogen and oxygen atoms in total. The molecule has 1 aliphatic heterocycles. The molecule has 2 aromatic carbocycles. The van der Waals surface area contributed by atoms with E-state index in [1.807, 2.05) is 54.1 Å². The third-order valence-electron chi connectivity index (χ3n) is 6.42. The fourth-order valence-electron chi connectivity index (χ4n) is 4.53. The standard InChI is InChI=1S/C29H33FN4O4/c1-29(2,3)38-28(36)34-12-7-13-37-26(18-34)27(35)32-22(17-31)14-19-10-11-21(15-23(19)30)25-16-20-8-5-6-9-24(20)33(25)4/h5-6,8-11,15-16,22,26H,7,12-14,18H2,1-4H3,(H,32,35)/t22?,26-/m0/s1. The second-order valence-electron chi connectivity index (χ2n) is 10.5. The minimum absolute atomic E-state index is 0.00692. The van der Waals surface area contributed by atoms with Crippen molar-refractivity contribution in [2.75, 3.05) is 19.7 Å². The van der Waals surface area contributed by atoms with Crippen LogP contribution in [0.25, 0.3) is 22.2 Å². The van der Waals surface area contributed by atoms with Crippen LogP contribution in [0, 0.1) is 17.1 Å². The fourth-order valence-corrected chi connectivity index (χ4v) is 4.53. The number of nitrogens with zero attached hydrogens (tertiary/aromatic N) is 3. The molecule has 200 valence electrons. The van der Waals surface area contributed by atoms with Crippen molar-refractivity contribution >= 4 is 22.9 Å². The molecule has 2 heterocycles. The lowest BCUT2D eigenvalue weighted by Crippen LogP contribution is -2.48. The van der Waals surface area contributed by atoms with Crippen LogP contribution in [0.2, 0.25) is 0 Å². The molecule has 1 aliphatic rings. The number of fused-ring (bicyclic) bond motifs is 1. The first-order valence-corrected chi connectivity index (χ1v) is 12.7. The van der Waals surface area contributed by atoms with Crippen LogP contribution in [-0.2, 0) is 27.7 Å². The lowest BCUT2D eigenvalue weighted by molar-refractivity contribution is -0.133. The van der Waals surface area contributed by atoms with Crippen molar-refractivity contribution in [1.82, 2.24) is 14.8 Å². The Balaban J connectivity index is 1.43. The van der Waals surface area contributed by atoms with Crippen molar-refractivity contribution in [2.45, 2.75) is 51.4 Å². The summed E-state index contributed by atoms with van der Waals surface area (Å²) in [7, 11) is 1.93. The number of amides is 2. The molecule has 38 heavy (non-hydrogen) atoms. The first-order chi connectivity index (χ1) is 18.1. The number of ether oxygens (including phenoxy) is 2. The predicted molar refractivity (Wildman–Crippen MR) is 142 cm³/mol. The molecule has 1 unspecified atom stereocenters. The lowest BCUT2D eigenvalue weighted by Gasteiger charge is -2.27. The molecule has 1 aromatic heterocycles. The summed E-state index contributed by atoms with van der Waals surface area (Å²) in [5.41, 5.74) is 2.29. The van der Waals surface area contributed by atoms with Crippen molar-refractivity contribution in [3.8, 4) is 17.3 Å². The van der Waals surface area contributed by atoms with Gasteiger partial charge in [0.2, 0.25) is 0 Å². The number of para-hydroxylation sites is 1. The molecule has 0 radical (unpaired) electrons. The second-order valence-corrected chi connectivity index (χ2v) is 10.5. The van der Waals surface area contributed by atoms with Gasteiger partial charge in [0.25, 0.3) is 5.91 Å². The van der Waals surface area contributed by atoms with Gasteiger partial charge in [0.1, 0.15) is 17.5 Å². The highest BCUT2D eigenvalue weighted by Gasteiger charge is 2.31. The SMILES string of the molecule is Cn1c(-c2ccc(CC(C#N)NC(=O)[C@@H]3CN(C(=O)OC(C)(C)C)CCCO3)c(F)c2)cc2ccccc21. The van der Waals surface area contributed by atoms with E-state index in [1.54, 1.807) is 26.8 Å². The Hall–Kier alpha value is -3.90. The van der Waals surface area contributed by atoms with Gasteiger partial charge in [-0.15, -0.1) is 0 Å². The smallest absolute Gasteiger partial charge is 0.410 e. The first-order valence-electron chi connectivity index (χ1n) is 12.7. The van der Waals surface area contributed by atoms with E-state index >= 15 is 4.39 Å². The van der Waals surface area contributed by atoms with Gasteiger partial charge in [-0.05, 0) is 51.0 Å². The van der Waals surface area contributed by atoms with Gasteiger partial charge in [0.05, 0.1) is 12.6 Å². The average molecular weight is 521 g/mol. The topological polar surface area (TPSA) is 96.6 Å². The molecule has 1 N–H and O–H groups in total. The number of hydrogen-bond donors (Lipinski definition) is 1. The maximum atomic E-state index is 15.1. The zero-order valence-electron chi connectivity index (χ0n) is 22.2. The molecular weight excluding hydrogens is 487 g/mol. The maximum absolute atomic E-state index is 15.1. The molecule has 2 amide bonds. The number of nitriles is 1. The summed E-state index contributed by atoms with van der Waals surface area (Å²) in [5.74, 6) is -0.983. The number of aryl methyl sites for hydroxylation is 1. The predicted octanol–water partition coefficient (Wildman–Crippen LogP) is 4.56. The third-order valence-corrected chi connectivity index (χ3v) is 6.42. The van der Waals surface area contributed by atoms with Crippen LogP contribution in [0.4, 0.5) is 9.18 Å². The van der Waals surface area contributed by atoms with E-state index < -0.39 is 35.6 Å². The second kappa shape index (κ2) is 11.2. The van der Waals surface area contributed by atoms with E-state index in [0.717, 1.165) is 22.2 Å². The Morgan fingerprint density at radius 3 is 2.68 bits per heavy atom. The number of carbonyl (C=O) groups excluding carboxylic acids is 2. The highest BCUT2D eigenvalue weighted by molar-refractivity contribution is 5.87. The molecule has 2 atom stereocenters. The van der Waals surface area contributed by atoms with Crippen molar-refractivity contribution in [3.05, 3.63) is 59.9 Å². The molecule has 3 aromatic rings. The number of hydrogen-bond acceptors (Lipinski definition) is 5. The van der Waals surface area contributed by atoms with Crippen molar-refractivity contribution in [3.63, 3.8) is 0 Å². The van der Waals surface area contributed by atoms with E-state index in [1.165, 1.54) is 11.0 Å². The van der Waals surface area contributed by atoms with Gasteiger partial charge < -0.3 is 24.3 Å². The van der Waals surface area contributed by atoms with Crippen LogP contribution in [0.3, 0.4) is 0 Å². The van der Waals surface area contributed by atoms with Crippen molar-refractivity contribution < 1.29 is 23.5 Å². The fraction of sp³-hybridized carbons (Fsp3) is 0.414. The Labute approximate surface area is 221 Å². The quantitative estimate of drug-likeness (QED) is 0.532. The molecule has 0 bridgehead atoms. The van der Waals surface area contributed by atoms with Crippen molar-refractivity contribution in [2.24, 2.45) is 7.05 Å². The molecule has 0 saturated carbocycles. The number of halogens is 1. The van der Waals surface area contributed by atoms with Gasteiger partial charge in [0.15, 0.2) is 6.10 Å². The Bertz CT molecular complexity index is 1370. The Morgan fingerprint density at radius 1 is 1.24 bits per heavy atom. The number of rotatable bonds is 5. The van der Waals surface area contributed by atoms with E-state index in [2.05, 4.69) is 5.32 Å². The Kier molecular flexibility index (Phi) is 8.02. The highest BCUT2D eigenvalue weighted by Crippen LogP contribution is 2.28. The molecule has 1 saturated heterocycles. The van der Waals surface area contributed by atoms with Crippen LogP contribution < -0.4 is 5.32 Å². The van der Waals surface area contributed by atoms with Crippen LogP contribution >= 0.6 is 0 Å². The summed E-state index contributed by atoms with van der Waals surface area (Å²) in [5, 5.41) is 13.4. The van der Waals surface area contributed by atoms with E-state index in [9.17, 15) is 14.9 Å². The largest absolute Gasteiger partial charge is 0.444 e. The number of carbonyl (C=O) groups is 2. The van der Waals surface area contributed by atoms with E-state index in [4.69, 9.17) is 9.47 Å². The van der Waals surface area contributed by atoms with E-state index in [-0.39, 0.29) is 13.0 Å². The van der Waals surface area contributed by atoms with Gasteiger partial charge in [-0.25, -0.2) is 9.18 Å². The lowest BCUT2D eigenvalue weighted by atomic mass is 10.0. The van der Waals surface area contributed by atoms with Gasteiger partial charge in [-0.3, -0.25) is 4.79 Å². The minimum Gasteiger partial charge on any atom is -0.444 e. The number of benzene rings is 2. The highest BCUT2D eigenvalue weighted by atomic mass is 19.1. The zero-order chi connectivity index (χ0) is 27.4. The van der Waals surface area contributed by atoms with Gasteiger partial charge in [-0.1, -0.05) is 30.3 Å². The van der Waals surface area contributed by atoms with E-state index in [0.29, 0.717) is 25.1 Å². The number of nitrogens with one attached hydrogen (secondary N) is 1. The summed E-state index contributed by atoms with van der Waals surface area (Å²) in [4.78, 5) is 26.9. The summed E-state index contributed by atoms with van der Waals surface area (Å²) in [6.07, 6.45) is -0.934. The van der Waals surface area contributed by atoms with Crippen LogP contribution in [-0.4, -0.2) is 58.9 Å². The summed E-state index contributed by atoms with van der Waals surface area (Å²) < 4.78 is 28.2. The molecule has 0 aliphatic carbocycles. The monoisotopic (exact) mass is 520 g/mol. The minimum atomic E-state index is -0.970. The summed E-state index contributed by atoms with van der Waals surface area (Å²) in [6.45, 7) is 6.01. The third kappa shape index (κ3) is 6.32. The normalized spacial score (nSPS) is 16.9. The van der Waals surface area contributed by atoms with Gasteiger partial charge >= 0.3 is 6.09 Å². The van der Waals surface area contributed by atoms with Crippen molar-refractivity contribution in [1.29, 1.82) is 5.26 Å². The average Bonchev–Trinajstić information content (AvgIpc) is 3.03. The van der Waals surface area contributed by atoms with Gasteiger partial charge in [-0.2, -0.15) is 5.26 Å². The summed E-state index contributed by atoms with van der Waals surface area (Å²) >= 11 is 0. The molecule has 4 rings (SSSR count). The Morgan fingerprint density at radius 2 is 2.00 bits per heavy atom. The maximum Gasteiger partial charge on any atom is 0.410 e. The zero-order valence-corrected chi connectivity index (χ0v) is 22.2. The van der Waals surface area contributed by atoms with Gasteiger partial charge in [0, 0.05) is 48.8 Å². The number of aromatic nitrogens is 1. The molecule has 1 fully saturated rings. The van der Waals surface area contributed by atoms with Crippen LogP contribution in [0.15, 0.2) is 48.5 Å². The molecular formula is C29H33FN4O4. The first kappa shape index (κ1) is 27.1.